The van der Waals surface area contributed by atoms with Crippen LogP contribution in [0.15, 0.2) is 73.1 Å². The summed E-state index contributed by atoms with van der Waals surface area (Å²) in [6, 6.07) is 18.9. The zero-order valence-electron chi connectivity index (χ0n) is 17.6. The summed E-state index contributed by atoms with van der Waals surface area (Å²) in [6.07, 6.45) is 3.51. The van der Waals surface area contributed by atoms with Crippen molar-refractivity contribution in [2.45, 2.75) is 26.2 Å². The Kier molecular flexibility index (Phi) is 5.62. The van der Waals surface area contributed by atoms with Gasteiger partial charge in [0.1, 0.15) is 5.75 Å². The summed E-state index contributed by atoms with van der Waals surface area (Å²) >= 11 is 0. The molecule has 0 saturated heterocycles. The molecular formula is C23H23FN6O. The molecule has 8 heteroatoms. The lowest BCUT2D eigenvalue weighted by molar-refractivity contribution is -0.0256. The Balaban J connectivity index is 1.57. The molecule has 0 saturated carbocycles. The number of benzene rings is 2. The largest absolute Gasteiger partial charge is 0.459 e. The molecule has 4 rings (SSSR count). The maximum Gasteiger partial charge on any atom is 0.242 e. The Morgan fingerprint density at radius 2 is 1.81 bits per heavy atom. The highest BCUT2D eigenvalue weighted by Gasteiger charge is 2.18. The third kappa shape index (κ3) is 5.03. The second kappa shape index (κ2) is 8.51. The Morgan fingerprint density at radius 1 is 1.03 bits per heavy atom. The minimum absolute atomic E-state index is 0.470. The van der Waals surface area contributed by atoms with E-state index in [9.17, 15) is 4.39 Å². The zero-order chi connectivity index (χ0) is 21.8. The summed E-state index contributed by atoms with van der Waals surface area (Å²) in [5, 5.41) is 13.0. The van der Waals surface area contributed by atoms with Crippen molar-refractivity contribution in [3.05, 3.63) is 78.6 Å². The lowest BCUT2D eigenvalue weighted by Crippen LogP contribution is -2.21. The highest BCUT2D eigenvalue weighted by atomic mass is 19.2. The SMILES string of the molecule is CN(c1ccc(OC(C)(C)F)cc1)c1ccccc1-c1nnn(Cc2cccnc2)n1. The van der Waals surface area contributed by atoms with E-state index in [2.05, 4.69) is 20.4 Å². The molecule has 0 spiro atoms. The summed E-state index contributed by atoms with van der Waals surface area (Å²) in [6.45, 7) is 3.24. The first kappa shape index (κ1) is 20.5. The molecule has 7 nitrogen and oxygen atoms in total. The molecule has 0 aliphatic carbocycles. The van der Waals surface area contributed by atoms with Crippen LogP contribution in [0.25, 0.3) is 11.4 Å². The smallest absolute Gasteiger partial charge is 0.242 e. The predicted molar refractivity (Wildman–Crippen MR) is 117 cm³/mol. The summed E-state index contributed by atoms with van der Waals surface area (Å²) in [5.41, 5.74) is 3.69. The first-order valence-electron chi connectivity index (χ1n) is 9.87. The molecule has 0 aliphatic rings. The fraction of sp³-hybridized carbons (Fsp3) is 0.217. The first-order valence-corrected chi connectivity index (χ1v) is 9.87. The Hall–Kier alpha value is -3.81. The molecule has 31 heavy (non-hydrogen) atoms. The standard InChI is InChI=1S/C23H23FN6O/c1-23(2,24)31-19-12-10-18(11-13-19)29(3)21-9-5-4-8-20(21)22-26-28-30(27-22)16-17-7-6-14-25-15-17/h4-15H,16H2,1-3H3. The Morgan fingerprint density at radius 3 is 2.52 bits per heavy atom. The number of pyridine rings is 1. The molecule has 2 aromatic carbocycles. The summed E-state index contributed by atoms with van der Waals surface area (Å²) in [4.78, 5) is 7.68. The number of tetrazole rings is 1. The van der Waals surface area contributed by atoms with E-state index in [-0.39, 0.29) is 0 Å². The normalized spacial score (nSPS) is 11.4. The lowest BCUT2D eigenvalue weighted by Gasteiger charge is -2.23. The molecule has 0 bridgehead atoms. The average molecular weight is 418 g/mol. The maximum absolute atomic E-state index is 13.7. The van der Waals surface area contributed by atoms with Gasteiger partial charge in [-0.1, -0.05) is 18.2 Å². The van der Waals surface area contributed by atoms with Crippen LogP contribution in [0.4, 0.5) is 15.8 Å². The van der Waals surface area contributed by atoms with Crippen LogP contribution in [0.2, 0.25) is 0 Å². The number of rotatable bonds is 7. The van der Waals surface area contributed by atoms with Crippen LogP contribution in [0, 0.1) is 0 Å². The number of aromatic nitrogens is 5. The van der Waals surface area contributed by atoms with Gasteiger partial charge in [0.25, 0.3) is 0 Å². The Labute approximate surface area is 180 Å². The van der Waals surface area contributed by atoms with Gasteiger partial charge in [0.05, 0.1) is 12.2 Å². The van der Waals surface area contributed by atoms with Crippen molar-refractivity contribution in [3.8, 4) is 17.1 Å². The van der Waals surface area contributed by atoms with Crippen LogP contribution in [0.3, 0.4) is 0 Å². The van der Waals surface area contributed by atoms with Gasteiger partial charge in [-0.25, -0.2) is 0 Å². The van der Waals surface area contributed by atoms with Crippen molar-refractivity contribution in [3.63, 3.8) is 0 Å². The number of halogens is 1. The number of anilines is 2. The van der Waals surface area contributed by atoms with E-state index in [1.54, 1.807) is 29.3 Å². The molecule has 0 aliphatic heterocycles. The van der Waals surface area contributed by atoms with E-state index in [1.165, 1.54) is 13.8 Å². The van der Waals surface area contributed by atoms with Gasteiger partial charge in [-0.15, -0.1) is 10.2 Å². The van der Waals surface area contributed by atoms with Gasteiger partial charge in [-0.2, -0.15) is 9.19 Å². The average Bonchev–Trinajstić information content (AvgIpc) is 3.22. The molecule has 0 unspecified atom stereocenters. The topological polar surface area (TPSA) is 69.0 Å². The van der Waals surface area contributed by atoms with Crippen LogP contribution in [-0.4, -0.2) is 38.1 Å². The number of ether oxygens (including phenoxy) is 1. The summed E-state index contributed by atoms with van der Waals surface area (Å²) in [5.74, 6) is -0.726. The third-order valence-electron chi connectivity index (χ3n) is 4.59. The van der Waals surface area contributed by atoms with Gasteiger partial charge in [0.15, 0.2) is 0 Å². The summed E-state index contributed by atoms with van der Waals surface area (Å²) in [7, 11) is 1.95. The van der Waals surface area contributed by atoms with Crippen molar-refractivity contribution < 1.29 is 9.13 Å². The molecule has 0 atom stereocenters. The van der Waals surface area contributed by atoms with Gasteiger partial charge < -0.3 is 9.64 Å². The van der Waals surface area contributed by atoms with Crippen LogP contribution in [-0.2, 0) is 6.54 Å². The molecule has 2 heterocycles. The van der Waals surface area contributed by atoms with Gasteiger partial charge in [0.2, 0.25) is 11.7 Å². The number of para-hydroxylation sites is 1. The number of hydrogen-bond acceptors (Lipinski definition) is 6. The van der Waals surface area contributed by atoms with Crippen molar-refractivity contribution in [1.29, 1.82) is 0 Å². The molecule has 158 valence electrons. The van der Waals surface area contributed by atoms with Crippen LogP contribution in [0.5, 0.6) is 5.75 Å². The highest BCUT2D eigenvalue weighted by Crippen LogP contribution is 2.33. The van der Waals surface area contributed by atoms with E-state index in [4.69, 9.17) is 4.74 Å². The first-order chi connectivity index (χ1) is 14.9. The minimum Gasteiger partial charge on any atom is -0.459 e. The van der Waals surface area contributed by atoms with E-state index < -0.39 is 5.85 Å². The highest BCUT2D eigenvalue weighted by molar-refractivity contribution is 5.78. The van der Waals surface area contributed by atoms with Gasteiger partial charge in [-0.3, -0.25) is 4.98 Å². The van der Waals surface area contributed by atoms with Gasteiger partial charge in [-0.05, 0) is 53.2 Å². The van der Waals surface area contributed by atoms with Crippen molar-refractivity contribution in [1.82, 2.24) is 25.2 Å². The number of hydrogen-bond donors (Lipinski definition) is 0. The maximum atomic E-state index is 13.7. The Bertz CT molecular complexity index is 1140. The second-order valence-electron chi connectivity index (χ2n) is 7.54. The molecule has 0 radical (unpaired) electrons. The molecular weight excluding hydrogens is 395 g/mol. The monoisotopic (exact) mass is 418 g/mol. The summed E-state index contributed by atoms with van der Waals surface area (Å²) < 4.78 is 19.0. The molecule has 4 aromatic rings. The quantitative estimate of drug-likeness (QED) is 0.436. The van der Waals surface area contributed by atoms with Gasteiger partial charge >= 0.3 is 0 Å². The molecule has 0 fully saturated rings. The minimum atomic E-state index is -1.73. The molecule has 0 N–H and O–H groups in total. The van der Waals surface area contributed by atoms with Crippen molar-refractivity contribution >= 4 is 11.4 Å². The van der Waals surface area contributed by atoms with Gasteiger partial charge in [0, 0.05) is 44.5 Å². The van der Waals surface area contributed by atoms with E-state index in [0.717, 1.165) is 22.5 Å². The fourth-order valence-corrected chi connectivity index (χ4v) is 3.19. The third-order valence-corrected chi connectivity index (χ3v) is 4.59. The second-order valence-corrected chi connectivity index (χ2v) is 7.54. The van der Waals surface area contributed by atoms with Crippen molar-refractivity contribution in [2.75, 3.05) is 11.9 Å². The number of nitrogens with zero attached hydrogens (tertiary/aromatic N) is 6. The van der Waals surface area contributed by atoms with E-state index in [1.807, 2.05) is 60.5 Å². The fourth-order valence-electron chi connectivity index (χ4n) is 3.19. The molecule has 0 amide bonds. The lowest BCUT2D eigenvalue weighted by atomic mass is 10.1. The van der Waals surface area contributed by atoms with Crippen LogP contribution < -0.4 is 9.64 Å². The predicted octanol–water partition coefficient (Wildman–Crippen LogP) is 4.64. The molecule has 2 aromatic heterocycles. The number of alkyl halides is 1. The van der Waals surface area contributed by atoms with E-state index in [0.29, 0.717) is 18.1 Å². The van der Waals surface area contributed by atoms with Crippen LogP contribution in [0.1, 0.15) is 19.4 Å². The van der Waals surface area contributed by atoms with Crippen molar-refractivity contribution in [2.24, 2.45) is 0 Å². The zero-order valence-corrected chi connectivity index (χ0v) is 17.6. The van der Waals surface area contributed by atoms with Crippen LogP contribution >= 0.6 is 0 Å². The van der Waals surface area contributed by atoms with E-state index >= 15 is 0 Å².